The van der Waals surface area contributed by atoms with Gasteiger partial charge in [0.15, 0.2) is 0 Å². The van der Waals surface area contributed by atoms with Crippen LogP contribution < -0.4 is 9.21 Å². The molecule has 0 unspecified atom stereocenters. The Morgan fingerprint density at radius 3 is 2.26 bits per heavy atom. The fraction of sp³-hybridized carbons (Fsp3) is 0.611. The molecule has 9 heteroatoms. The van der Waals surface area contributed by atoms with Crippen molar-refractivity contribution in [1.29, 1.82) is 0 Å². The van der Waals surface area contributed by atoms with E-state index >= 15 is 0 Å². The molecule has 2 saturated heterocycles. The first-order valence-corrected chi connectivity index (χ1v) is 11.1. The summed E-state index contributed by atoms with van der Waals surface area (Å²) < 4.78 is 37.0. The van der Waals surface area contributed by atoms with Gasteiger partial charge in [-0.2, -0.15) is 0 Å². The Morgan fingerprint density at radius 1 is 1.04 bits per heavy atom. The van der Waals surface area contributed by atoms with Gasteiger partial charge in [-0.1, -0.05) is 12.1 Å². The number of hydrogen-bond acceptors (Lipinski definition) is 6. The Hall–Kier alpha value is -1.84. The summed E-state index contributed by atoms with van der Waals surface area (Å²) in [5, 5.41) is 0. The van der Waals surface area contributed by atoms with E-state index < -0.39 is 10.0 Å². The van der Waals surface area contributed by atoms with E-state index in [1.807, 2.05) is 18.2 Å². The second kappa shape index (κ2) is 8.90. The second-order valence-corrected chi connectivity index (χ2v) is 8.57. The highest BCUT2D eigenvalue weighted by molar-refractivity contribution is 7.92. The quantitative estimate of drug-likeness (QED) is 0.697. The SMILES string of the molecule is CS(=O)(=O)N(CCC(=O)N1CCOCC1)c1ccccc1N1CCOCC1. The van der Waals surface area contributed by atoms with Crippen LogP contribution in [0.2, 0.25) is 0 Å². The lowest BCUT2D eigenvalue weighted by atomic mass is 10.2. The van der Waals surface area contributed by atoms with Crippen molar-refractivity contribution in [2.45, 2.75) is 6.42 Å². The van der Waals surface area contributed by atoms with Crippen LogP contribution >= 0.6 is 0 Å². The number of anilines is 2. The van der Waals surface area contributed by atoms with Crippen molar-refractivity contribution >= 4 is 27.3 Å². The molecule has 3 rings (SSSR count). The van der Waals surface area contributed by atoms with Gasteiger partial charge in [0.25, 0.3) is 0 Å². The summed E-state index contributed by atoms with van der Waals surface area (Å²) in [6.45, 7) is 4.94. The van der Waals surface area contributed by atoms with Crippen LogP contribution in [0.5, 0.6) is 0 Å². The Morgan fingerprint density at radius 2 is 1.63 bits per heavy atom. The summed E-state index contributed by atoms with van der Waals surface area (Å²) >= 11 is 0. The lowest BCUT2D eigenvalue weighted by Crippen LogP contribution is -2.43. The van der Waals surface area contributed by atoms with Crippen LogP contribution in [0.15, 0.2) is 24.3 Å². The highest BCUT2D eigenvalue weighted by Crippen LogP contribution is 2.31. The first-order chi connectivity index (χ1) is 13.0. The highest BCUT2D eigenvalue weighted by atomic mass is 32.2. The number of rotatable bonds is 6. The van der Waals surface area contributed by atoms with Crippen molar-refractivity contribution in [3.8, 4) is 0 Å². The van der Waals surface area contributed by atoms with Gasteiger partial charge in [0.05, 0.1) is 44.1 Å². The van der Waals surface area contributed by atoms with E-state index in [9.17, 15) is 13.2 Å². The third-order valence-corrected chi connectivity index (χ3v) is 5.98. The van der Waals surface area contributed by atoms with Crippen LogP contribution in [-0.4, -0.2) is 84.6 Å². The average molecular weight is 397 g/mol. The van der Waals surface area contributed by atoms with Crippen molar-refractivity contribution in [1.82, 2.24) is 4.90 Å². The number of ether oxygens (including phenoxy) is 2. The van der Waals surface area contributed by atoms with Crippen molar-refractivity contribution in [3.63, 3.8) is 0 Å². The molecule has 0 saturated carbocycles. The van der Waals surface area contributed by atoms with E-state index in [1.165, 1.54) is 10.6 Å². The molecule has 0 N–H and O–H groups in total. The Kier molecular flexibility index (Phi) is 6.56. The summed E-state index contributed by atoms with van der Waals surface area (Å²) in [6.07, 6.45) is 1.33. The van der Waals surface area contributed by atoms with Gasteiger partial charge in [-0.3, -0.25) is 9.10 Å². The van der Waals surface area contributed by atoms with E-state index in [-0.39, 0.29) is 18.9 Å². The number of sulfonamides is 1. The molecular weight excluding hydrogens is 370 g/mol. The van der Waals surface area contributed by atoms with Crippen LogP contribution in [0.3, 0.4) is 0 Å². The molecule has 1 aromatic rings. The molecule has 0 radical (unpaired) electrons. The Labute approximate surface area is 160 Å². The van der Waals surface area contributed by atoms with Gasteiger partial charge >= 0.3 is 0 Å². The number of hydrogen-bond donors (Lipinski definition) is 0. The number of amides is 1. The molecule has 2 aliphatic heterocycles. The molecule has 2 fully saturated rings. The van der Waals surface area contributed by atoms with E-state index in [0.717, 1.165) is 5.69 Å². The zero-order valence-electron chi connectivity index (χ0n) is 15.7. The van der Waals surface area contributed by atoms with Gasteiger partial charge in [0, 0.05) is 39.1 Å². The minimum absolute atomic E-state index is 0.0456. The minimum Gasteiger partial charge on any atom is -0.378 e. The van der Waals surface area contributed by atoms with Gasteiger partial charge in [-0.05, 0) is 12.1 Å². The Balaban J connectivity index is 1.78. The van der Waals surface area contributed by atoms with Crippen molar-refractivity contribution in [2.75, 3.05) is 74.6 Å². The van der Waals surface area contributed by atoms with Crippen molar-refractivity contribution < 1.29 is 22.7 Å². The monoisotopic (exact) mass is 397 g/mol. The van der Waals surface area contributed by atoms with Crippen LogP contribution in [0, 0.1) is 0 Å². The fourth-order valence-corrected chi connectivity index (χ4v) is 4.31. The maximum Gasteiger partial charge on any atom is 0.232 e. The third kappa shape index (κ3) is 5.12. The average Bonchev–Trinajstić information content (AvgIpc) is 2.69. The molecule has 2 heterocycles. The minimum atomic E-state index is -3.53. The summed E-state index contributed by atoms with van der Waals surface area (Å²) in [6, 6.07) is 7.43. The smallest absolute Gasteiger partial charge is 0.232 e. The van der Waals surface area contributed by atoms with Crippen LogP contribution in [0.1, 0.15) is 6.42 Å². The summed E-state index contributed by atoms with van der Waals surface area (Å²) in [7, 11) is -3.53. The Bertz CT molecular complexity index is 743. The molecule has 8 nitrogen and oxygen atoms in total. The lowest BCUT2D eigenvalue weighted by Gasteiger charge is -2.34. The maximum atomic E-state index is 12.5. The van der Waals surface area contributed by atoms with Gasteiger partial charge < -0.3 is 19.3 Å². The number of morpholine rings is 2. The van der Waals surface area contributed by atoms with Crippen LogP contribution in [-0.2, 0) is 24.3 Å². The molecule has 2 aliphatic rings. The molecular formula is C18H27N3O5S. The van der Waals surface area contributed by atoms with E-state index in [2.05, 4.69) is 4.90 Å². The van der Waals surface area contributed by atoms with E-state index in [1.54, 1.807) is 11.0 Å². The number of carbonyl (C=O) groups excluding carboxylic acids is 1. The molecule has 1 amide bonds. The standard InChI is InChI=1S/C18H27N3O5S/c1-27(23,24)21(7-6-18(22)20-10-14-26-15-11-20)17-5-3-2-4-16(17)19-8-12-25-13-9-19/h2-5H,6-15H2,1H3. The zero-order valence-corrected chi connectivity index (χ0v) is 16.5. The van der Waals surface area contributed by atoms with Gasteiger partial charge in [0.2, 0.25) is 15.9 Å². The summed E-state index contributed by atoms with van der Waals surface area (Å²) in [5.74, 6) is -0.0456. The zero-order chi connectivity index (χ0) is 19.3. The third-order valence-electron chi connectivity index (χ3n) is 4.80. The molecule has 1 aromatic carbocycles. The number of nitrogens with zero attached hydrogens (tertiary/aromatic N) is 3. The normalized spacial score (nSPS) is 18.4. The first kappa shape index (κ1) is 19.9. The van der Waals surface area contributed by atoms with Gasteiger partial charge in [-0.15, -0.1) is 0 Å². The lowest BCUT2D eigenvalue weighted by molar-refractivity contribution is -0.134. The molecule has 0 aromatic heterocycles. The molecule has 0 aliphatic carbocycles. The topological polar surface area (TPSA) is 79.4 Å². The van der Waals surface area contributed by atoms with E-state index in [0.29, 0.717) is 58.3 Å². The molecule has 0 atom stereocenters. The van der Waals surface area contributed by atoms with Crippen LogP contribution in [0.4, 0.5) is 11.4 Å². The fourth-order valence-electron chi connectivity index (χ4n) is 3.38. The van der Waals surface area contributed by atoms with Crippen molar-refractivity contribution in [2.24, 2.45) is 0 Å². The molecule has 150 valence electrons. The van der Waals surface area contributed by atoms with Crippen LogP contribution in [0.25, 0.3) is 0 Å². The summed E-state index contributed by atoms with van der Waals surface area (Å²) in [5.41, 5.74) is 1.46. The number of para-hydroxylation sites is 2. The predicted octanol–water partition coefficient (Wildman–Crippen LogP) is 0.538. The molecule has 0 spiro atoms. The van der Waals surface area contributed by atoms with Gasteiger partial charge in [0.1, 0.15) is 0 Å². The largest absolute Gasteiger partial charge is 0.378 e. The first-order valence-electron chi connectivity index (χ1n) is 9.22. The highest BCUT2D eigenvalue weighted by Gasteiger charge is 2.25. The summed E-state index contributed by atoms with van der Waals surface area (Å²) in [4.78, 5) is 16.3. The van der Waals surface area contributed by atoms with Crippen molar-refractivity contribution in [3.05, 3.63) is 24.3 Å². The molecule has 0 bridgehead atoms. The predicted molar refractivity (Wildman–Crippen MR) is 104 cm³/mol. The maximum absolute atomic E-state index is 12.5. The number of benzene rings is 1. The van der Waals surface area contributed by atoms with E-state index in [4.69, 9.17) is 9.47 Å². The number of carbonyl (C=O) groups is 1. The molecule has 27 heavy (non-hydrogen) atoms. The van der Waals surface area contributed by atoms with Gasteiger partial charge in [-0.25, -0.2) is 8.42 Å². The second-order valence-electron chi connectivity index (χ2n) is 6.67.